The van der Waals surface area contributed by atoms with Gasteiger partial charge in [0.2, 0.25) is 0 Å². The molecular weight excluding hydrogens is 250 g/mol. The van der Waals surface area contributed by atoms with E-state index >= 15 is 0 Å². The van der Waals surface area contributed by atoms with Crippen molar-refractivity contribution >= 4 is 0 Å². The monoisotopic (exact) mass is 277 g/mol. The van der Waals surface area contributed by atoms with Gasteiger partial charge in [0, 0.05) is 39.5 Å². The number of nitrogens with one attached hydrogen (secondary N) is 1. The normalized spacial score (nSPS) is 19.9. The van der Waals surface area contributed by atoms with Gasteiger partial charge in [0.1, 0.15) is 0 Å². The predicted octanol–water partition coefficient (Wildman–Crippen LogP) is 2.05. The maximum absolute atomic E-state index is 5.39. The van der Waals surface area contributed by atoms with Crippen molar-refractivity contribution in [2.24, 2.45) is 5.92 Å². The molecule has 112 valence electrons. The molecule has 1 fully saturated rings. The zero-order chi connectivity index (χ0) is 14.4. The van der Waals surface area contributed by atoms with Crippen molar-refractivity contribution in [1.82, 2.24) is 15.2 Å². The van der Waals surface area contributed by atoms with Crippen LogP contribution in [0.3, 0.4) is 0 Å². The van der Waals surface area contributed by atoms with Gasteiger partial charge in [0.05, 0.1) is 11.8 Å². The SMILES string of the molecule is COC1CCN(Cc2ccc(CNCC(C)C)cn2)C1. The lowest BCUT2D eigenvalue weighted by Crippen LogP contribution is -2.23. The Kier molecular flexibility index (Phi) is 5.95. The second-order valence-corrected chi connectivity index (χ2v) is 6.06. The molecule has 1 unspecified atom stereocenters. The summed E-state index contributed by atoms with van der Waals surface area (Å²) < 4.78 is 5.39. The van der Waals surface area contributed by atoms with Crippen molar-refractivity contribution in [2.45, 2.75) is 39.5 Å². The molecule has 1 N–H and O–H groups in total. The van der Waals surface area contributed by atoms with E-state index in [9.17, 15) is 0 Å². The zero-order valence-electron chi connectivity index (χ0n) is 12.9. The summed E-state index contributed by atoms with van der Waals surface area (Å²) in [7, 11) is 1.80. The van der Waals surface area contributed by atoms with Gasteiger partial charge in [-0.05, 0) is 30.5 Å². The van der Waals surface area contributed by atoms with Crippen LogP contribution in [0.25, 0.3) is 0 Å². The molecule has 0 radical (unpaired) electrons. The van der Waals surface area contributed by atoms with E-state index in [1.54, 1.807) is 7.11 Å². The van der Waals surface area contributed by atoms with Crippen LogP contribution in [-0.4, -0.2) is 42.7 Å². The van der Waals surface area contributed by atoms with Crippen LogP contribution in [0.2, 0.25) is 0 Å². The van der Waals surface area contributed by atoms with Crippen LogP contribution in [0.5, 0.6) is 0 Å². The van der Waals surface area contributed by atoms with E-state index in [2.05, 4.69) is 41.2 Å². The van der Waals surface area contributed by atoms with Crippen LogP contribution in [0.1, 0.15) is 31.5 Å². The lowest BCUT2D eigenvalue weighted by atomic mass is 10.2. The zero-order valence-corrected chi connectivity index (χ0v) is 12.9. The van der Waals surface area contributed by atoms with Crippen molar-refractivity contribution in [1.29, 1.82) is 0 Å². The fraction of sp³-hybridized carbons (Fsp3) is 0.688. The Balaban J connectivity index is 1.77. The first kappa shape index (κ1) is 15.4. The number of nitrogens with zero attached hydrogens (tertiary/aromatic N) is 2. The van der Waals surface area contributed by atoms with Gasteiger partial charge in [-0.3, -0.25) is 9.88 Å². The number of likely N-dealkylation sites (tertiary alicyclic amines) is 1. The first-order chi connectivity index (χ1) is 9.67. The molecule has 1 aliphatic heterocycles. The number of aromatic nitrogens is 1. The smallest absolute Gasteiger partial charge is 0.0710 e. The van der Waals surface area contributed by atoms with Crippen LogP contribution < -0.4 is 5.32 Å². The molecular formula is C16H27N3O. The van der Waals surface area contributed by atoms with Gasteiger partial charge in [-0.25, -0.2) is 0 Å². The molecule has 4 heteroatoms. The molecule has 0 bridgehead atoms. The largest absolute Gasteiger partial charge is 0.380 e. The summed E-state index contributed by atoms with van der Waals surface area (Å²) in [6, 6.07) is 4.33. The number of hydrogen-bond donors (Lipinski definition) is 1. The minimum Gasteiger partial charge on any atom is -0.380 e. The number of pyridine rings is 1. The second kappa shape index (κ2) is 7.72. The Morgan fingerprint density at radius 2 is 2.30 bits per heavy atom. The van der Waals surface area contributed by atoms with Crippen molar-refractivity contribution in [3.05, 3.63) is 29.6 Å². The highest BCUT2D eigenvalue weighted by Crippen LogP contribution is 2.14. The summed E-state index contributed by atoms with van der Waals surface area (Å²) in [5, 5.41) is 3.44. The summed E-state index contributed by atoms with van der Waals surface area (Å²) in [5.41, 5.74) is 2.40. The molecule has 4 nitrogen and oxygen atoms in total. The van der Waals surface area contributed by atoms with E-state index in [-0.39, 0.29) is 0 Å². The minimum atomic E-state index is 0.398. The van der Waals surface area contributed by atoms with Crippen LogP contribution >= 0.6 is 0 Å². The topological polar surface area (TPSA) is 37.4 Å². The molecule has 0 amide bonds. The van der Waals surface area contributed by atoms with Gasteiger partial charge < -0.3 is 10.1 Å². The van der Waals surface area contributed by atoms with E-state index in [4.69, 9.17) is 4.74 Å². The molecule has 1 aliphatic rings. The Labute approximate surface area is 122 Å². The average Bonchev–Trinajstić information content (AvgIpc) is 2.88. The Bertz CT molecular complexity index is 391. The third kappa shape index (κ3) is 4.85. The quantitative estimate of drug-likeness (QED) is 0.828. The predicted molar refractivity (Wildman–Crippen MR) is 81.5 cm³/mol. The number of methoxy groups -OCH3 is 1. The van der Waals surface area contributed by atoms with Gasteiger partial charge in [0.25, 0.3) is 0 Å². The molecule has 0 aliphatic carbocycles. The standard InChI is InChI=1S/C16H27N3O/c1-13(2)8-17-9-14-4-5-15(18-10-14)11-19-7-6-16(12-19)20-3/h4-5,10,13,16-17H,6-9,11-12H2,1-3H3. The summed E-state index contributed by atoms with van der Waals surface area (Å²) in [6.07, 6.45) is 3.52. The third-order valence-corrected chi connectivity index (χ3v) is 3.72. The summed E-state index contributed by atoms with van der Waals surface area (Å²) >= 11 is 0. The van der Waals surface area contributed by atoms with E-state index in [1.165, 1.54) is 5.56 Å². The Morgan fingerprint density at radius 3 is 2.90 bits per heavy atom. The van der Waals surface area contributed by atoms with Gasteiger partial charge >= 0.3 is 0 Å². The average molecular weight is 277 g/mol. The molecule has 1 aromatic heterocycles. The summed E-state index contributed by atoms with van der Waals surface area (Å²) in [5.74, 6) is 0.686. The molecule has 0 saturated carbocycles. The molecule has 1 saturated heterocycles. The van der Waals surface area contributed by atoms with Crippen molar-refractivity contribution < 1.29 is 4.74 Å². The maximum Gasteiger partial charge on any atom is 0.0710 e. The van der Waals surface area contributed by atoms with Crippen molar-refractivity contribution in [2.75, 3.05) is 26.7 Å². The van der Waals surface area contributed by atoms with Crippen LogP contribution in [0, 0.1) is 5.92 Å². The van der Waals surface area contributed by atoms with Crippen molar-refractivity contribution in [3.63, 3.8) is 0 Å². The molecule has 20 heavy (non-hydrogen) atoms. The summed E-state index contributed by atoms with van der Waals surface area (Å²) in [6.45, 7) is 9.46. The fourth-order valence-corrected chi connectivity index (χ4v) is 2.52. The van der Waals surface area contributed by atoms with Crippen molar-refractivity contribution in [3.8, 4) is 0 Å². The fourth-order valence-electron chi connectivity index (χ4n) is 2.52. The van der Waals surface area contributed by atoms with E-state index in [1.807, 2.05) is 6.20 Å². The van der Waals surface area contributed by atoms with E-state index < -0.39 is 0 Å². The highest BCUT2D eigenvalue weighted by atomic mass is 16.5. The number of rotatable bonds is 7. The Hall–Kier alpha value is -0.970. The van der Waals surface area contributed by atoms with Crippen LogP contribution in [0.15, 0.2) is 18.3 Å². The lowest BCUT2D eigenvalue weighted by molar-refractivity contribution is 0.107. The van der Waals surface area contributed by atoms with Crippen LogP contribution in [0.4, 0.5) is 0 Å². The Morgan fingerprint density at radius 1 is 1.45 bits per heavy atom. The lowest BCUT2D eigenvalue weighted by Gasteiger charge is -2.15. The highest BCUT2D eigenvalue weighted by Gasteiger charge is 2.21. The highest BCUT2D eigenvalue weighted by molar-refractivity contribution is 5.14. The van der Waals surface area contributed by atoms with Gasteiger partial charge in [-0.2, -0.15) is 0 Å². The molecule has 2 rings (SSSR count). The van der Waals surface area contributed by atoms with Gasteiger partial charge in [0.15, 0.2) is 0 Å². The number of hydrogen-bond acceptors (Lipinski definition) is 4. The molecule has 1 aromatic rings. The van der Waals surface area contributed by atoms with E-state index in [0.29, 0.717) is 12.0 Å². The molecule has 1 atom stereocenters. The van der Waals surface area contributed by atoms with Crippen LogP contribution in [-0.2, 0) is 17.8 Å². The molecule has 0 aromatic carbocycles. The molecule has 0 spiro atoms. The summed E-state index contributed by atoms with van der Waals surface area (Å²) in [4.78, 5) is 6.98. The third-order valence-electron chi connectivity index (χ3n) is 3.72. The van der Waals surface area contributed by atoms with Gasteiger partial charge in [-0.15, -0.1) is 0 Å². The number of ether oxygens (including phenoxy) is 1. The van der Waals surface area contributed by atoms with Gasteiger partial charge in [-0.1, -0.05) is 19.9 Å². The maximum atomic E-state index is 5.39. The molecule has 2 heterocycles. The van der Waals surface area contributed by atoms with E-state index in [0.717, 1.165) is 44.8 Å². The minimum absolute atomic E-state index is 0.398. The first-order valence-electron chi connectivity index (χ1n) is 7.57. The second-order valence-electron chi connectivity index (χ2n) is 6.06. The first-order valence-corrected chi connectivity index (χ1v) is 7.57.